The molecule has 2 rings (SSSR count). The standard InChI is InChI=1S/C12H18N4O2/c1-18-12(17)15-10-4-6-16(8-10)11-9(7-13)3-2-5-14-11/h2-3,5,10H,4,6-8,13H2,1H3,(H,15,17). The fourth-order valence-corrected chi connectivity index (χ4v) is 2.17. The fourth-order valence-electron chi connectivity index (χ4n) is 2.17. The van der Waals surface area contributed by atoms with E-state index in [0.717, 1.165) is 30.9 Å². The van der Waals surface area contributed by atoms with Gasteiger partial charge >= 0.3 is 6.09 Å². The molecule has 1 fully saturated rings. The number of carbonyl (C=O) groups is 1. The van der Waals surface area contributed by atoms with Gasteiger partial charge in [-0.3, -0.25) is 0 Å². The molecule has 1 aliphatic rings. The van der Waals surface area contributed by atoms with Crippen molar-refractivity contribution in [3.05, 3.63) is 23.9 Å². The highest BCUT2D eigenvalue weighted by atomic mass is 16.5. The van der Waals surface area contributed by atoms with E-state index in [1.807, 2.05) is 12.1 Å². The van der Waals surface area contributed by atoms with E-state index in [1.165, 1.54) is 7.11 Å². The van der Waals surface area contributed by atoms with E-state index in [9.17, 15) is 4.79 Å². The Morgan fingerprint density at radius 3 is 3.28 bits per heavy atom. The summed E-state index contributed by atoms with van der Waals surface area (Å²) in [5.41, 5.74) is 6.72. The van der Waals surface area contributed by atoms with Crippen molar-refractivity contribution in [2.45, 2.75) is 19.0 Å². The van der Waals surface area contributed by atoms with Gasteiger partial charge in [0.2, 0.25) is 0 Å². The van der Waals surface area contributed by atoms with Crippen molar-refractivity contribution in [2.24, 2.45) is 5.73 Å². The van der Waals surface area contributed by atoms with Crippen molar-refractivity contribution in [2.75, 3.05) is 25.1 Å². The number of amides is 1. The van der Waals surface area contributed by atoms with E-state index < -0.39 is 0 Å². The van der Waals surface area contributed by atoms with Crippen LogP contribution >= 0.6 is 0 Å². The predicted molar refractivity (Wildman–Crippen MR) is 68.3 cm³/mol. The van der Waals surface area contributed by atoms with Crippen molar-refractivity contribution in [3.8, 4) is 0 Å². The summed E-state index contributed by atoms with van der Waals surface area (Å²) in [6.07, 6.45) is 2.26. The number of anilines is 1. The second-order valence-electron chi connectivity index (χ2n) is 4.26. The molecule has 6 heteroatoms. The van der Waals surface area contributed by atoms with Crippen molar-refractivity contribution in [1.82, 2.24) is 10.3 Å². The van der Waals surface area contributed by atoms with Gasteiger partial charge in [0.05, 0.1) is 13.2 Å². The molecule has 0 saturated carbocycles. The molecule has 6 nitrogen and oxygen atoms in total. The zero-order valence-electron chi connectivity index (χ0n) is 10.4. The second-order valence-corrected chi connectivity index (χ2v) is 4.26. The maximum atomic E-state index is 11.1. The first-order valence-electron chi connectivity index (χ1n) is 5.98. The molecule has 0 spiro atoms. The van der Waals surface area contributed by atoms with Gasteiger partial charge in [-0.25, -0.2) is 9.78 Å². The molecule has 1 aromatic rings. The Morgan fingerprint density at radius 1 is 1.72 bits per heavy atom. The van der Waals surface area contributed by atoms with Crippen LogP contribution in [0.15, 0.2) is 18.3 Å². The summed E-state index contributed by atoms with van der Waals surface area (Å²) in [6, 6.07) is 3.96. The summed E-state index contributed by atoms with van der Waals surface area (Å²) in [5.74, 6) is 0.911. The molecule has 98 valence electrons. The molecule has 1 saturated heterocycles. The van der Waals surface area contributed by atoms with E-state index >= 15 is 0 Å². The van der Waals surface area contributed by atoms with Crippen LogP contribution in [0.4, 0.5) is 10.6 Å². The summed E-state index contributed by atoms with van der Waals surface area (Å²) >= 11 is 0. The Labute approximate surface area is 106 Å². The lowest BCUT2D eigenvalue weighted by Gasteiger charge is -2.20. The molecule has 0 aliphatic carbocycles. The van der Waals surface area contributed by atoms with E-state index in [2.05, 4.69) is 19.9 Å². The number of carbonyl (C=O) groups excluding carboxylic acids is 1. The van der Waals surface area contributed by atoms with Gasteiger partial charge in [0.1, 0.15) is 5.82 Å². The number of pyridine rings is 1. The Kier molecular flexibility index (Phi) is 3.99. The summed E-state index contributed by atoms with van der Waals surface area (Å²) in [6.45, 7) is 2.06. The normalized spacial score (nSPS) is 18.8. The molecular formula is C12H18N4O2. The van der Waals surface area contributed by atoms with Crippen molar-refractivity contribution in [3.63, 3.8) is 0 Å². The monoisotopic (exact) mass is 250 g/mol. The number of nitrogens with one attached hydrogen (secondary N) is 1. The molecule has 0 bridgehead atoms. The maximum absolute atomic E-state index is 11.1. The van der Waals surface area contributed by atoms with Gasteiger partial charge in [-0.2, -0.15) is 0 Å². The third-order valence-corrected chi connectivity index (χ3v) is 3.08. The molecule has 1 unspecified atom stereocenters. The van der Waals surface area contributed by atoms with E-state index in [-0.39, 0.29) is 12.1 Å². The van der Waals surface area contributed by atoms with Crippen LogP contribution in [0.1, 0.15) is 12.0 Å². The third-order valence-electron chi connectivity index (χ3n) is 3.08. The third kappa shape index (κ3) is 2.70. The Balaban J connectivity index is 2.02. The molecule has 3 N–H and O–H groups in total. The summed E-state index contributed by atoms with van der Waals surface area (Å²) in [4.78, 5) is 17.7. The number of alkyl carbamates (subject to hydrolysis) is 1. The van der Waals surface area contributed by atoms with E-state index in [0.29, 0.717) is 6.54 Å². The largest absolute Gasteiger partial charge is 0.453 e. The predicted octanol–water partition coefficient (Wildman–Crippen LogP) is 0.475. The molecule has 0 aromatic carbocycles. The zero-order valence-corrected chi connectivity index (χ0v) is 10.4. The van der Waals surface area contributed by atoms with Gasteiger partial charge < -0.3 is 20.7 Å². The van der Waals surface area contributed by atoms with Crippen LogP contribution in [0.5, 0.6) is 0 Å². The molecule has 1 atom stereocenters. The smallest absolute Gasteiger partial charge is 0.407 e. The van der Waals surface area contributed by atoms with Crippen molar-refractivity contribution < 1.29 is 9.53 Å². The average molecular weight is 250 g/mol. The van der Waals surface area contributed by atoms with Crippen LogP contribution in [0.2, 0.25) is 0 Å². The zero-order chi connectivity index (χ0) is 13.0. The number of nitrogens with zero attached hydrogens (tertiary/aromatic N) is 2. The van der Waals surface area contributed by atoms with E-state index in [4.69, 9.17) is 5.73 Å². The number of aromatic nitrogens is 1. The molecule has 2 heterocycles. The highest BCUT2D eigenvalue weighted by Crippen LogP contribution is 2.21. The van der Waals surface area contributed by atoms with Gasteiger partial charge in [-0.1, -0.05) is 6.07 Å². The number of hydrogen-bond donors (Lipinski definition) is 2. The SMILES string of the molecule is COC(=O)NC1CCN(c2ncccc2CN)C1. The molecule has 1 aromatic heterocycles. The van der Waals surface area contributed by atoms with Crippen LogP contribution in [-0.2, 0) is 11.3 Å². The molecule has 0 radical (unpaired) electrons. The first-order valence-corrected chi connectivity index (χ1v) is 5.98. The Hall–Kier alpha value is -1.82. The molecule has 18 heavy (non-hydrogen) atoms. The first kappa shape index (κ1) is 12.6. The van der Waals surface area contributed by atoms with Gasteiger partial charge in [-0.05, 0) is 12.5 Å². The summed E-state index contributed by atoms with van der Waals surface area (Å²) in [5, 5.41) is 2.80. The number of nitrogens with two attached hydrogens (primary N) is 1. The lowest BCUT2D eigenvalue weighted by molar-refractivity contribution is 0.167. The van der Waals surface area contributed by atoms with Crippen molar-refractivity contribution in [1.29, 1.82) is 0 Å². The average Bonchev–Trinajstić information content (AvgIpc) is 2.86. The topological polar surface area (TPSA) is 80.5 Å². The maximum Gasteiger partial charge on any atom is 0.407 e. The lowest BCUT2D eigenvalue weighted by Crippen LogP contribution is -2.37. The highest BCUT2D eigenvalue weighted by Gasteiger charge is 2.26. The fraction of sp³-hybridized carbons (Fsp3) is 0.500. The van der Waals surface area contributed by atoms with Gasteiger partial charge in [-0.15, -0.1) is 0 Å². The number of rotatable bonds is 3. The number of ether oxygens (including phenoxy) is 1. The summed E-state index contributed by atoms with van der Waals surface area (Å²) in [7, 11) is 1.37. The molecule has 1 amide bonds. The minimum absolute atomic E-state index is 0.102. The highest BCUT2D eigenvalue weighted by molar-refractivity contribution is 5.67. The van der Waals surface area contributed by atoms with Crippen LogP contribution < -0.4 is 16.0 Å². The lowest BCUT2D eigenvalue weighted by atomic mass is 10.2. The van der Waals surface area contributed by atoms with Crippen LogP contribution in [0.25, 0.3) is 0 Å². The van der Waals surface area contributed by atoms with E-state index in [1.54, 1.807) is 6.20 Å². The minimum atomic E-state index is -0.387. The van der Waals surface area contributed by atoms with Gasteiger partial charge in [0.25, 0.3) is 0 Å². The number of methoxy groups -OCH3 is 1. The Morgan fingerprint density at radius 2 is 2.56 bits per heavy atom. The van der Waals surface area contributed by atoms with Gasteiger partial charge in [0, 0.05) is 31.4 Å². The van der Waals surface area contributed by atoms with Crippen LogP contribution in [-0.4, -0.2) is 37.3 Å². The molecule has 1 aliphatic heterocycles. The summed E-state index contributed by atoms with van der Waals surface area (Å²) < 4.78 is 4.59. The minimum Gasteiger partial charge on any atom is -0.453 e. The quantitative estimate of drug-likeness (QED) is 0.815. The van der Waals surface area contributed by atoms with Crippen LogP contribution in [0.3, 0.4) is 0 Å². The van der Waals surface area contributed by atoms with Gasteiger partial charge in [0.15, 0.2) is 0 Å². The Bertz CT molecular complexity index is 424. The van der Waals surface area contributed by atoms with Crippen LogP contribution in [0, 0.1) is 0 Å². The second kappa shape index (κ2) is 5.68. The van der Waals surface area contributed by atoms with Crippen molar-refractivity contribution >= 4 is 11.9 Å². The molecular weight excluding hydrogens is 232 g/mol. The first-order chi connectivity index (χ1) is 8.74. The number of hydrogen-bond acceptors (Lipinski definition) is 5.